The number of ether oxygens (including phenoxy) is 1. The second-order valence-electron chi connectivity index (χ2n) is 3.95. The highest BCUT2D eigenvalue weighted by Gasteiger charge is 2.08. The molecule has 0 radical (unpaired) electrons. The monoisotopic (exact) mass is 276 g/mol. The van der Waals surface area contributed by atoms with Crippen LogP contribution in [0.1, 0.15) is 22.2 Å². The van der Waals surface area contributed by atoms with Crippen molar-refractivity contribution in [1.82, 2.24) is 5.32 Å². The van der Waals surface area contributed by atoms with E-state index in [1.54, 1.807) is 29.5 Å². The molecule has 2 rings (SSSR count). The van der Waals surface area contributed by atoms with Gasteiger partial charge in [0.05, 0.1) is 18.8 Å². The summed E-state index contributed by atoms with van der Waals surface area (Å²) in [5.41, 5.74) is 6.85. The molecule has 2 aromatic rings. The number of carbonyl (C=O) groups excluding carboxylic acids is 1. The van der Waals surface area contributed by atoms with Gasteiger partial charge in [0.15, 0.2) is 0 Å². The number of hydrogen-bond acceptors (Lipinski definition) is 4. The fourth-order valence-corrected chi connectivity index (χ4v) is 2.30. The van der Waals surface area contributed by atoms with E-state index in [0.717, 1.165) is 4.88 Å². The maximum Gasteiger partial charge on any atom is 0.251 e. The number of rotatable bonds is 5. The molecule has 19 heavy (non-hydrogen) atoms. The van der Waals surface area contributed by atoms with Crippen LogP contribution in [0.15, 0.2) is 35.7 Å². The van der Waals surface area contributed by atoms with Crippen LogP contribution >= 0.6 is 11.3 Å². The van der Waals surface area contributed by atoms with Gasteiger partial charge in [-0.2, -0.15) is 0 Å². The average molecular weight is 276 g/mol. The lowest BCUT2D eigenvalue weighted by Gasteiger charge is -2.09. The lowest BCUT2D eigenvalue weighted by Crippen LogP contribution is -2.22. The maximum atomic E-state index is 12.0. The Morgan fingerprint density at radius 1 is 1.42 bits per heavy atom. The third-order valence-corrected chi connectivity index (χ3v) is 3.45. The van der Waals surface area contributed by atoms with Gasteiger partial charge in [-0.25, -0.2) is 0 Å². The largest absolute Gasteiger partial charge is 0.492 e. The predicted molar refractivity (Wildman–Crippen MR) is 77.5 cm³/mol. The molecule has 0 atom stereocenters. The summed E-state index contributed by atoms with van der Waals surface area (Å²) in [5, 5.41) is 4.84. The van der Waals surface area contributed by atoms with E-state index < -0.39 is 0 Å². The Morgan fingerprint density at radius 2 is 2.26 bits per heavy atom. The van der Waals surface area contributed by atoms with Crippen LogP contribution in [0.5, 0.6) is 5.75 Å². The number of thiophene rings is 1. The highest BCUT2D eigenvalue weighted by molar-refractivity contribution is 7.09. The van der Waals surface area contributed by atoms with Crippen molar-refractivity contribution in [3.05, 3.63) is 46.2 Å². The molecule has 0 fully saturated rings. The maximum absolute atomic E-state index is 12.0. The molecule has 0 spiro atoms. The molecule has 4 nitrogen and oxygen atoms in total. The summed E-state index contributed by atoms with van der Waals surface area (Å²) >= 11 is 1.61. The van der Waals surface area contributed by atoms with E-state index in [-0.39, 0.29) is 5.91 Å². The normalized spacial score (nSPS) is 10.2. The molecule has 1 aromatic heterocycles. The molecule has 0 aliphatic carbocycles. The fourth-order valence-electron chi connectivity index (χ4n) is 1.66. The molecular weight excluding hydrogens is 260 g/mol. The smallest absolute Gasteiger partial charge is 0.251 e. The van der Waals surface area contributed by atoms with Crippen molar-refractivity contribution in [3.63, 3.8) is 0 Å². The van der Waals surface area contributed by atoms with Crippen molar-refractivity contribution in [1.29, 1.82) is 0 Å². The van der Waals surface area contributed by atoms with Crippen LogP contribution in [0.3, 0.4) is 0 Å². The SMILES string of the molecule is CCOc1ccc(C(=O)NCc2cccs2)cc1N. The van der Waals surface area contributed by atoms with Crippen molar-refractivity contribution in [3.8, 4) is 5.75 Å². The van der Waals surface area contributed by atoms with Crippen molar-refractivity contribution in [2.75, 3.05) is 12.3 Å². The first-order valence-corrected chi connectivity index (χ1v) is 6.91. The van der Waals surface area contributed by atoms with E-state index >= 15 is 0 Å². The van der Waals surface area contributed by atoms with E-state index in [1.165, 1.54) is 0 Å². The highest BCUT2D eigenvalue weighted by Crippen LogP contribution is 2.22. The van der Waals surface area contributed by atoms with Crippen LogP contribution < -0.4 is 15.8 Å². The van der Waals surface area contributed by atoms with Crippen molar-refractivity contribution >= 4 is 22.9 Å². The summed E-state index contributed by atoms with van der Waals surface area (Å²) in [6, 6.07) is 9.01. The summed E-state index contributed by atoms with van der Waals surface area (Å²) in [6.45, 7) is 2.97. The second-order valence-corrected chi connectivity index (χ2v) is 4.98. The van der Waals surface area contributed by atoms with Crippen LogP contribution in [0.2, 0.25) is 0 Å². The molecule has 5 heteroatoms. The Morgan fingerprint density at radius 3 is 2.89 bits per heavy atom. The first-order chi connectivity index (χ1) is 9.20. The van der Waals surface area contributed by atoms with Gasteiger partial charge in [0, 0.05) is 10.4 Å². The van der Waals surface area contributed by atoms with Crippen LogP contribution in [-0.4, -0.2) is 12.5 Å². The van der Waals surface area contributed by atoms with E-state index in [2.05, 4.69) is 5.32 Å². The average Bonchev–Trinajstić information content (AvgIpc) is 2.91. The summed E-state index contributed by atoms with van der Waals surface area (Å²) in [5.74, 6) is 0.473. The lowest BCUT2D eigenvalue weighted by atomic mass is 10.1. The number of hydrogen-bond donors (Lipinski definition) is 2. The van der Waals surface area contributed by atoms with E-state index in [1.807, 2.05) is 24.4 Å². The summed E-state index contributed by atoms with van der Waals surface area (Å²) in [6.07, 6.45) is 0. The quantitative estimate of drug-likeness (QED) is 0.825. The summed E-state index contributed by atoms with van der Waals surface area (Å²) < 4.78 is 5.34. The minimum atomic E-state index is -0.136. The zero-order chi connectivity index (χ0) is 13.7. The molecule has 0 saturated carbocycles. The number of nitrogens with two attached hydrogens (primary N) is 1. The van der Waals surface area contributed by atoms with Gasteiger partial charge >= 0.3 is 0 Å². The molecule has 0 saturated heterocycles. The minimum Gasteiger partial charge on any atom is -0.492 e. The number of anilines is 1. The van der Waals surface area contributed by atoms with Crippen LogP contribution in [0, 0.1) is 0 Å². The van der Waals surface area contributed by atoms with Gasteiger partial charge < -0.3 is 15.8 Å². The van der Waals surface area contributed by atoms with Gasteiger partial charge in [0.25, 0.3) is 5.91 Å². The molecule has 0 bridgehead atoms. The van der Waals surface area contributed by atoms with Crippen molar-refractivity contribution < 1.29 is 9.53 Å². The molecule has 0 aliphatic rings. The summed E-state index contributed by atoms with van der Waals surface area (Å²) in [7, 11) is 0. The third kappa shape index (κ3) is 3.48. The van der Waals surface area contributed by atoms with Gasteiger partial charge in [-0.1, -0.05) is 6.07 Å². The van der Waals surface area contributed by atoms with Gasteiger partial charge in [0.2, 0.25) is 0 Å². The van der Waals surface area contributed by atoms with Gasteiger partial charge in [-0.05, 0) is 36.6 Å². The van der Waals surface area contributed by atoms with Gasteiger partial charge in [-0.15, -0.1) is 11.3 Å². The number of benzene rings is 1. The minimum absolute atomic E-state index is 0.136. The van der Waals surface area contributed by atoms with Crippen LogP contribution in [-0.2, 0) is 6.54 Å². The third-order valence-electron chi connectivity index (χ3n) is 2.58. The molecule has 3 N–H and O–H groups in total. The molecule has 1 aromatic carbocycles. The Kier molecular flexibility index (Phi) is 4.41. The Balaban J connectivity index is 2.01. The molecule has 100 valence electrons. The number of amides is 1. The predicted octanol–water partition coefficient (Wildman–Crippen LogP) is 2.66. The number of nitrogens with one attached hydrogen (secondary N) is 1. The standard InChI is InChI=1S/C14H16N2O2S/c1-2-18-13-6-5-10(8-12(13)15)14(17)16-9-11-4-3-7-19-11/h3-8H,2,9,15H2,1H3,(H,16,17). The molecule has 1 amide bonds. The van der Waals surface area contributed by atoms with E-state index in [9.17, 15) is 4.79 Å². The van der Waals surface area contributed by atoms with E-state index in [4.69, 9.17) is 10.5 Å². The fraction of sp³-hybridized carbons (Fsp3) is 0.214. The van der Waals surface area contributed by atoms with Crippen LogP contribution in [0.4, 0.5) is 5.69 Å². The highest BCUT2D eigenvalue weighted by atomic mass is 32.1. The van der Waals surface area contributed by atoms with E-state index in [0.29, 0.717) is 30.2 Å². The Hall–Kier alpha value is -2.01. The first kappa shape index (κ1) is 13.4. The van der Waals surface area contributed by atoms with Crippen molar-refractivity contribution in [2.24, 2.45) is 0 Å². The molecule has 0 aliphatic heterocycles. The zero-order valence-corrected chi connectivity index (χ0v) is 11.5. The van der Waals surface area contributed by atoms with Crippen LogP contribution in [0.25, 0.3) is 0 Å². The van der Waals surface area contributed by atoms with Gasteiger partial charge in [0.1, 0.15) is 5.75 Å². The Bertz CT molecular complexity index is 553. The zero-order valence-electron chi connectivity index (χ0n) is 10.7. The number of nitrogen functional groups attached to an aromatic ring is 1. The summed E-state index contributed by atoms with van der Waals surface area (Å²) in [4.78, 5) is 13.1. The Labute approximate surface area is 116 Å². The second kappa shape index (κ2) is 6.24. The number of carbonyl (C=O) groups is 1. The van der Waals surface area contributed by atoms with Crippen molar-refractivity contribution in [2.45, 2.75) is 13.5 Å². The topological polar surface area (TPSA) is 64.3 Å². The molecular formula is C14H16N2O2S. The first-order valence-electron chi connectivity index (χ1n) is 6.03. The molecule has 1 heterocycles. The molecule has 0 unspecified atom stereocenters. The lowest BCUT2D eigenvalue weighted by molar-refractivity contribution is 0.0951. The van der Waals surface area contributed by atoms with Gasteiger partial charge in [-0.3, -0.25) is 4.79 Å².